The van der Waals surface area contributed by atoms with Gasteiger partial charge in [-0.05, 0) is 52.6 Å². The molecule has 7 nitrogen and oxygen atoms in total. The van der Waals surface area contributed by atoms with Crippen molar-refractivity contribution in [2.24, 2.45) is 11.8 Å². The Morgan fingerprint density at radius 3 is 2.37 bits per heavy atom. The van der Waals surface area contributed by atoms with Crippen LogP contribution in [0.3, 0.4) is 0 Å². The zero-order valence-electron chi connectivity index (χ0n) is 19.9. The van der Waals surface area contributed by atoms with E-state index in [9.17, 15) is 14.4 Å². The third kappa shape index (κ3) is 7.02. The van der Waals surface area contributed by atoms with Crippen molar-refractivity contribution in [1.82, 2.24) is 14.7 Å². The lowest BCUT2D eigenvalue weighted by Crippen LogP contribution is -2.49. The third-order valence-electron chi connectivity index (χ3n) is 5.80. The number of unbranched alkanes of at least 4 members (excludes halogenated alkanes) is 1. The Labute approximate surface area is 182 Å². The largest absolute Gasteiger partial charge is 0.464 e. The van der Waals surface area contributed by atoms with Crippen molar-refractivity contribution in [3.63, 3.8) is 0 Å². The number of likely N-dealkylation sites (N-methyl/N-ethyl adjacent to an activating group) is 1. The lowest BCUT2D eigenvalue weighted by atomic mass is 10.00. The molecule has 0 aliphatic carbocycles. The van der Waals surface area contributed by atoms with Crippen LogP contribution in [0.2, 0.25) is 0 Å². The van der Waals surface area contributed by atoms with E-state index >= 15 is 0 Å². The molecule has 0 aromatic rings. The summed E-state index contributed by atoms with van der Waals surface area (Å²) in [5, 5.41) is 0. The number of esters is 1. The molecule has 0 N–H and O–H groups in total. The second-order valence-corrected chi connectivity index (χ2v) is 9.10. The van der Waals surface area contributed by atoms with Gasteiger partial charge in [0.25, 0.3) is 5.91 Å². The third-order valence-corrected chi connectivity index (χ3v) is 5.80. The van der Waals surface area contributed by atoms with E-state index in [2.05, 4.69) is 11.8 Å². The highest BCUT2D eigenvalue weighted by atomic mass is 16.5. The molecule has 2 amide bonds. The van der Waals surface area contributed by atoms with Gasteiger partial charge in [0, 0.05) is 20.1 Å². The van der Waals surface area contributed by atoms with Gasteiger partial charge in [0.1, 0.15) is 6.04 Å². The molecule has 30 heavy (non-hydrogen) atoms. The molecule has 0 radical (unpaired) electrons. The van der Waals surface area contributed by atoms with Gasteiger partial charge in [-0.2, -0.15) is 0 Å². The quantitative estimate of drug-likeness (QED) is 0.341. The average Bonchev–Trinajstić information content (AvgIpc) is 3.15. The van der Waals surface area contributed by atoms with E-state index in [1.165, 1.54) is 4.90 Å². The number of ether oxygens (including phenoxy) is 1. The average molecular weight is 422 g/mol. The maximum Gasteiger partial charge on any atom is 0.329 e. The van der Waals surface area contributed by atoms with Gasteiger partial charge in [0.2, 0.25) is 5.91 Å². The number of nitrogens with zero attached hydrogens (tertiary/aromatic N) is 3. The fourth-order valence-electron chi connectivity index (χ4n) is 3.25. The number of carbonyl (C=O) groups excluding carboxylic acids is 3. The Kier molecular flexibility index (Phi) is 9.83. The first-order valence-electron chi connectivity index (χ1n) is 10.8. The van der Waals surface area contributed by atoms with Crippen LogP contribution in [0.15, 0.2) is 0 Å². The van der Waals surface area contributed by atoms with E-state index in [0.29, 0.717) is 26.1 Å². The summed E-state index contributed by atoms with van der Waals surface area (Å²) in [5.41, 5.74) is -0.409. The van der Waals surface area contributed by atoms with E-state index in [0.717, 1.165) is 12.8 Å². The van der Waals surface area contributed by atoms with E-state index in [1.807, 2.05) is 53.6 Å². The highest BCUT2D eigenvalue weighted by Gasteiger charge is 2.38. The first-order chi connectivity index (χ1) is 13.9. The minimum Gasteiger partial charge on any atom is -0.464 e. The smallest absolute Gasteiger partial charge is 0.329 e. The molecule has 1 aliphatic heterocycles. The lowest BCUT2D eigenvalue weighted by Gasteiger charge is -2.31. The Morgan fingerprint density at radius 1 is 1.20 bits per heavy atom. The van der Waals surface area contributed by atoms with Gasteiger partial charge in [-0.3, -0.25) is 14.5 Å². The van der Waals surface area contributed by atoms with Crippen LogP contribution in [-0.2, 0) is 19.1 Å². The fraction of sp³-hybridized carbons (Fsp3) is 0.783. The van der Waals surface area contributed by atoms with Crippen LogP contribution in [0.25, 0.3) is 0 Å². The van der Waals surface area contributed by atoms with Crippen molar-refractivity contribution >= 4 is 17.8 Å². The summed E-state index contributed by atoms with van der Waals surface area (Å²) in [5.74, 6) is 4.58. The normalized spacial score (nSPS) is 17.5. The SMILES string of the molecule is CCCCOC(=O)[C@H](C(C)C)N(C)C(=O)[C@H]1CCN(C(=O)C#CC(C)(C)N(C)C)C1. The summed E-state index contributed by atoms with van der Waals surface area (Å²) in [6.07, 6.45) is 2.32. The van der Waals surface area contributed by atoms with Crippen molar-refractivity contribution in [1.29, 1.82) is 0 Å². The topological polar surface area (TPSA) is 70.2 Å². The maximum atomic E-state index is 13.0. The zero-order valence-corrected chi connectivity index (χ0v) is 19.9. The molecule has 0 aromatic carbocycles. The van der Waals surface area contributed by atoms with Crippen LogP contribution in [0.4, 0.5) is 0 Å². The van der Waals surface area contributed by atoms with E-state index in [-0.39, 0.29) is 29.6 Å². The highest BCUT2D eigenvalue weighted by molar-refractivity contribution is 5.95. The van der Waals surface area contributed by atoms with Crippen LogP contribution < -0.4 is 0 Å². The molecule has 1 heterocycles. The van der Waals surface area contributed by atoms with Crippen LogP contribution >= 0.6 is 0 Å². The second-order valence-electron chi connectivity index (χ2n) is 9.10. The van der Waals surface area contributed by atoms with Crippen molar-refractivity contribution < 1.29 is 19.1 Å². The molecule has 0 saturated carbocycles. The first kappa shape index (κ1) is 26.0. The Bertz CT molecular complexity index is 676. The number of likely N-dealkylation sites (tertiary alicyclic amines) is 1. The van der Waals surface area contributed by atoms with E-state index in [1.54, 1.807) is 11.9 Å². The summed E-state index contributed by atoms with van der Waals surface area (Å²) in [7, 11) is 5.48. The predicted octanol–water partition coefficient (Wildman–Crippen LogP) is 2.00. The molecule has 2 atom stereocenters. The van der Waals surface area contributed by atoms with Gasteiger partial charge >= 0.3 is 5.97 Å². The van der Waals surface area contributed by atoms with Crippen LogP contribution in [0, 0.1) is 23.7 Å². The van der Waals surface area contributed by atoms with Crippen LogP contribution in [0.5, 0.6) is 0 Å². The van der Waals surface area contributed by atoms with E-state index in [4.69, 9.17) is 4.74 Å². The molecule has 1 rings (SSSR count). The zero-order chi connectivity index (χ0) is 23.1. The number of hydrogen-bond acceptors (Lipinski definition) is 5. The van der Waals surface area contributed by atoms with E-state index < -0.39 is 11.6 Å². The summed E-state index contributed by atoms with van der Waals surface area (Å²) in [4.78, 5) is 43.1. The number of rotatable bonds is 8. The van der Waals surface area contributed by atoms with Crippen LogP contribution in [0.1, 0.15) is 53.9 Å². The molecule has 0 bridgehead atoms. The molecule has 0 spiro atoms. The number of amides is 2. The molecule has 1 saturated heterocycles. The maximum absolute atomic E-state index is 13.0. The van der Waals surface area contributed by atoms with Gasteiger partial charge in [0.15, 0.2) is 0 Å². The fourth-order valence-corrected chi connectivity index (χ4v) is 3.25. The summed E-state index contributed by atoms with van der Waals surface area (Å²) in [6, 6.07) is -0.625. The minimum atomic E-state index is -0.625. The van der Waals surface area contributed by atoms with Gasteiger partial charge in [-0.25, -0.2) is 4.79 Å². The molecule has 170 valence electrons. The molecule has 7 heteroatoms. The Hall–Kier alpha value is -2.07. The second kappa shape index (κ2) is 11.4. The predicted molar refractivity (Wildman–Crippen MR) is 117 cm³/mol. The summed E-state index contributed by atoms with van der Waals surface area (Å²) < 4.78 is 5.36. The highest BCUT2D eigenvalue weighted by Crippen LogP contribution is 2.22. The van der Waals surface area contributed by atoms with Crippen LogP contribution in [-0.4, -0.2) is 84.9 Å². The van der Waals surface area contributed by atoms with Gasteiger partial charge in [-0.1, -0.05) is 33.1 Å². The van der Waals surface area contributed by atoms with Gasteiger partial charge in [-0.15, -0.1) is 0 Å². The molecule has 0 unspecified atom stereocenters. The van der Waals surface area contributed by atoms with Crippen molar-refractivity contribution in [2.45, 2.75) is 65.5 Å². The van der Waals surface area contributed by atoms with Crippen molar-refractivity contribution in [2.75, 3.05) is 40.8 Å². The monoisotopic (exact) mass is 421 g/mol. The molecular formula is C23H39N3O4. The summed E-state index contributed by atoms with van der Waals surface area (Å²) in [6.45, 7) is 10.9. The van der Waals surface area contributed by atoms with Crippen molar-refractivity contribution in [3.8, 4) is 11.8 Å². The Balaban J connectivity index is 2.77. The van der Waals surface area contributed by atoms with Gasteiger partial charge in [0.05, 0.1) is 18.1 Å². The molecule has 1 fully saturated rings. The molecule has 1 aliphatic rings. The molecule has 0 aromatic heterocycles. The number of carbonyl (C=O) groups is 3. The lowest BCUT2D eigenvalue weighted by molar-refractivity contribution is -0.157. The van der Waals surface area contributed by atoms with Gasteiger partial charge < -0.3 is 14.5 Å². The van der Waals surface area contributed by atoms with Crippen molar-refractivity contribution in [3.05, 3.63) is 0 Å². The number of hydrogen-bond donors (Lipinski definition) is 0. The molecular weight excluding hydrogens is 382 g/mol. The Morgan fingerprint density at radius 2 is 1.83 bits per heavy atom. The first-order valence-corrected chi connectivity index (χ1v) is 10.8. The summed E-state index contributed by atoms with van der Waals surface area (Å²) >= 11 is 0. The minimum absolute atomic E-state index is 0.0636. The standard InChI is InChI=1S/C23H39N3O4/c1-9-10-15-30-22(29)20(17(2)3)25(8)21(28)18-12-14-26(16-18)19(27)11-13-23(4,5)24(6)7/h17-18,20H,9-10,12,14-16H2,1-8H3/t18-,20-/m0/s1.